The highest BCUT2D eigenvalue weighted by Gasteiger charge is 2.30. The fourth-order valence-corrected chi connectivity index (χ4v) is 3.66. The van der Waals surface area contributed by atoms with Crippen molar-refractivity contribution in [3.63, 3.8) is 0 Å². The van der Waals surface area contributed by atoms with Gasteiger partial charge in [0.15, 0.2) is 5.13 Å². The zero-order valence-electron chi connectivity index (χ0n) is 14.2. The quantitative estimate of drug-likeness (QED) is 0.821. The number of likely N-dealkylation sites (tertiary alicyclic amines) is 1. The second kappa shape index (κ2) is 8.07. The van der Waals surface area contributed by atoms with Gasteiger partial charge in [-0.1, -0.05) is 18.9 Å². The van der Waals surface area contributed by atoms with Crippen molar-refractivity contribution < 1.29 is 18.0 Å². The topological polar surface area (TPSA) is 45.2 Å². The summed E-state index contributed by atoms with van der Waals surface area (Å²) in [5.74, 6) is 0.0582. The van der Waals surface area contributed by atoms with Crippen LogP contribution in [0.3, 0.4) is 0 Å². The number of aromatic nitrogens is 1. The standard InChI is InChI=1S/C18H20F3N3OS/c19-18(20,21)13-6-5-7-14(10-13)22-17-23-15(12-26-17)11-16(25)24-8-3-1-2-4-9-24/h5-7,10,12H,1-4,8-9,11H2,(H,22,23). The molecule has 4 nitrogen and oxygen atoms in total. The Hall–Kier alpha value is -2.09. The normalized spacial score (nSPS) is 15.6. The van der Waals surface area contributed by atoms with Crippen LogP contribution >= 0.6 is 11.3 Å². The summed E-state index contributed by atoms with van der Waals surface area (Å²) in [5.41, 5.74) is 0.244. The molecular weight excluding hydrogens is 363 g/mol. The predicted octanol–water partition coefficient (Wildman–Crippen LogP) is 4.85. The molecule has 3 rings (SSSR count). The smallest absolute Gasteiger partial charge is 0.342 e. The maximum absolute atomic E-state index is 12.8. The lowest BCUT2D eigenvalue weighted by Crippen LogP contribution is -2.33. The molecule has 140 valence electrons. The fourth-order valence-electron chi connectivity index (χ4n) is 2.93. The van der Waals surface area contributed by atoms with Crippen LogP contribution in [0.1, 0.15) is 36.9 Å². The summed E-state index contributed by atoms with van der Waals surface area (Å²) in [6, 6.07) is 4.98. The van der Waals surface area contributed by atoms with E-state index < -0.39 is 11.7 Å². The van der Waals surface area contributed by atoms with Crippen molar-refractivity contribution >= 4 is 28.1 Å². The van der Waals surface area contributed by atoms with Gasteiger partial charge in [-0.2, -0.15) is 13.2 Å². The van der Waals surface area contributed by atoms with E-state index in [1.54, 1.807) is 11.4 Å². The Balaban J connectivity index is 1.62. The average molecular weight is 383 g/mol. The molecule has 1 aliphatic heterocycles. The second-order valence-corrected chi connectivity index (χ2v) is 7.18. The Bertz CT molecular complexity index is 752. The number of amides is 1. The number of halogens is 3. The van der Waals surface area contributed by atoms with Crippen LogP contribution < -0.4 is 5.32 Å². The van der Waals surface area contributed by atoms with Gasteiger partial charge in [0.05, 0.1) is 17.7 Å². The lowest BCUT2D eigenvalue weighted by Gasteiger charge is -2.19. The zero-order chi connectivity index (χ0) is 18.6. The Morgan fingerprint density at radius 3 is 2.62 bits per heavy atom. The molecule has 2 heterocycles. The molecule has 2 aromatic rings. The van der Waals surface area contributed by atoms with Crippen LogP contribution in [0.15, 0.2) is 29.6 Å². The van der Waals surface area contributed by atoms with Gasteiger partial charge < -0.3 is 10.2 Å². The van der Waals surface area contributed by atoms with Gasteiger partial charge in [-0.25, -0.2) is 4.98 Å². The van der Waals surface area contributed by atoms with Gasteiger partial charge in [-0.15, -0.1) is 11.3 Å². The van der Waals surface area contributed by atoms with Crippen LogP contribution in [0.5, 0.6) is 0 Å². The van der Waals surface area contributed by atoms with Gasteiger partial charge in [0, 0.05) is 24.2 Å². The van der Waals surface area contributed by atoms with E-state index in [1.165, 1.54) is 17.4 Å². The van der Waals surface area contributed by atoms with Crippen LogP contribution in [0, 0.1) is 0 Å². The summed E-state index contributed by atoms with van der Waals surface area (Å²) < 4.78 is 38.3. The van der Waals surface area contributed by atoms with Gasteiger partial charge in [0.2, 0.25) is 5.91 Å². The van der Waals surface area contributed by atoms with Crippen molar-refractivity contribution in [2.45, 2.75) is 38.3 Å². The zero-order valence-corrected chi connectivity index (χ0v) is 15.0. The number of hydrogen-bond acceptors (Lipinski definition) is 4. The maximum atomic E-state index is 12.8. The molecule has 0 unspecified atom stereocenters. The van der Waals surface area contributed by atoms with Crippen molar-refractivity contribution in [2.75, 3.05) is 18.4 Å². The first-order valence-corrected chi connectivity index (χ1v) is 9.46. The predicted molar refractivity (Wildman–Crippen MR) is 95.6 cm³/mol. The number of thiazole rings is 1. The van der Waals surface area contributed by atoms with E-state index in [9.17, 15) is 18.0 Å². The minimum Gasteiger partial charge on any atom is -0.342 e. The summed E-state index contributed by atoms with van der Waals surface area (Å²) in [4.78, 5) is 18.6. The third-order valence-electron chi connectivity index (χ3n) is 4.28. The molecule has 0 aliphatic carbocycles. The summed E-state index contributed by atoms with van der Waals surface area (Å²) in [6.45, 7) is 1.58. The first-order chi connectivity index (χ1) is 12.4. The third kappa shape index (κ3) is 4.97. The highest BCUT2D eigenvalue weighted by Crippen LogP contribution is 2.31. The summed E-state index contributed by atoms with van der Waals surface area (Å²) in [6.07, 6.45) is 0.222. The lowest BCUT2D eigenvalue weighted by molar-refractivity contribution is -0.137. The van der Waals surface area contributed by atoms with Crippen molar-refractivity contribution in [3.05, 3.63) is 40.9 Å². The number of benzene rings is 1. The molecule has 8 heteroatoms. The van der Waals surface area contributed by atoms with Crippen LogP contribution in [0.2, 0.25) is 0 Å². The molecule has 0 bridgehead atoms. The molecule has 1 aromatic carbocycles. The van der Waals surface area contributed by atoms with Gasteiger partial charge in [0.1, 0.15) is 0 Å². The van der Waals surface area contributed by atoms with E-state index in [1.807, 2.05) is 4.90 Å². The summed E-state index contributed by atoms with van der Waals surface area (Å²) >= 11 is 1.28. The van der Waals surface area contributed by atoms with Crippen LogP contribution in [-0.2, 0) is 17.4 Å². The molecule has 1 saturated heterocycles. The summed E-state index contributed by atoms with van der Waals surface area (Å²) in [7, 11) is 0. The number of anilines is 2. The molecule has 1 N–H and O–H groups in total. The van der Waals surface area contributed by atoms with Gasteiger partial charge in [-0.3, -0.25) is 4.79 Å². The lowest BCUT2D eigenvalue weighted by atomic mass is 10.2. The second-order valence-electron chi connectivity index (χ2n) is 6.32. The number of rotatable bonds is 4. The number of nitrogens with one attached hydrogen (secondary N) is 1. The Labute approximate surface area is 154 Å². The van der Waals surface area contributed by atoms with E-state index in [2.05, 4.69) is 10.3 Å². The van der Waals surface area contributed by atoms with Crippen molar-refractivity contribution in [1.82, 2.24) is 9.88 Å². The van der Waals surface area contributed by atoms with E-state index >= 15 is 0 Å². The highest BCUT2D eigenvalue weighted by molar-refractivity contribution is 7.13. The largest absolute Gasteiger partial charge is 0.416 e. The SMILES string of the molecule is O=C(Cc1csc(Nc2cccc(C(F)(F)F)c2)n1)N1CCCCCC1. The van der Waals surface area contributed by atoms with Crippen molar-refractivity contribution in [1.29, 1.82) is 0 Å². The van der Waals surface area contributed by atoms with Crippen LogP contribution in [0.25, 0.3) is 0 Å². The van der Waals surface area contributed by atoms with Crippen LogP contribution in [-0.4, -0.2) is 28.9 Å². The molecule has 1 amide bonds. The number of hydrogen-bond donors (Lipinski definition) is 1. The molecule has 1 fully saturated rings. The van der Waals surface area contributed by atoms with E-state index in [0.717, 1.165) is 50.9 Å². The maximum Gasteiger partial charge on any atom is 0.416 e. The van der Waals surface area contributed by atoms with Crippen LogP contribution in [0.4, 0.5) is 24.0 Å². The first kappa shape index (κ1) is 18.7. The molecule has 26 heavy (non-hydrogen) atoms. The third-order valence-corrected chi connectivity index (χ3v) is 5.09. The van der Waals surface area contributed by atoms with E-state index in [0.29, 0.717) is 16.5 Å². The Kier molecular flexibility index (Phi) is 5.80. The number of carbonyl (C=O) groups is 1. The molecule has 0 spiro atoms. The highest BCUT2D eigenvalue weighted by atomic mass is 32.1. The van der Waals surface area contributed by atoms with E-state index in [4.69, 9.17) is 0 Å². The minimum atomic E-state index is -4.38. The average Bonchev–Trinajstić information content (AvgIpc) is 2.85. The number of carbonyl (C=O) groups excluding carboxylic acids is 1. The molecule has 1 aromatic heterocycles. The van der Waals surface area contributed by atoms with Gasteiger partial charge in [-0.05, 0) is 31.0 Å². The number of alkyl halides is 3. The number of nitrogens with zero attached hydrogens (tertiary/aromatic N) is 2. The first-order valence-electron chi connectivity index (χ1n) is 8.58. The summed E-state index contributed by atoms with van der Waals surface area (Å²) in [5, 5.41) is 5.13. The van der Waals surface area contributed by atoms with Crippen molar-refractivity contribution in [3.8, 4) is 0 Å². The molecule has 0 saturated carbocycles. The molecule has 0 radical (unpaired) electrons. The molecule has 1 aliphatic rings. The fraction of sp³-hybridized carbons (Fsp3) is 0.444. The van der Waals surface area contributed by atoms with Crippen molar-refractivity contribution in [2.24, 2.45) is 0 Å². The molecular formula is C18H20F3N3OS. The Morgan fingerprint density at radius 2 is 1.92 bits per heavy atom. The van der Waals surface area contributed by atoms with Gasteiger partial charge >= 0.3 is 6.18 Å². The molecule has 0 atom stereocenters. The monoisotopic (exact) mass is 383 g/mol. The van der Waals surface area contributed by atoms with E-state index in [-0.39, 0.29) is 12.3 Å². The minimum absolute atomic E-state index is 0.0582. The Morgan fingerprint density at radius 1 is 1.19 bits per heavy atom. The van der Waals surface area contributed by atoms with Gasteiger partial charge in [0.25, 0.3) is 0 Å².